The lowest BCUT2D eigenvalue weighted by atomic mass is 10.1. The molecule has 2 aromatic heterocycles. The summed E-state index contributed by atoms with van der Waals surface area (Å²) in [6.07, 6.45) is 7.01. The molecule has 6 nitrogen and oxygen atoms in total. The molecule has 0 unspecified atom stereocenters. The highest BCUT2D eigenvalue weighted by Crippen LogP contribution is 2.26. The Hall–Kier alpha value is -3.42. The molecule has 0 atom stereocenters. The first-order chi connectivity index (χ1) is 15.3. The number of rotatable bonds is 5. The SMILES string of the molecule is C#CCOCc1cnc2cc(-c3ccc(N4CCOCC4)cc3)nc(C#CCO)c2c1. The summed E-state index contributed by atoms with van der Waals surface area (Å²) in [5, 5.41) is 9.99. The topological polar surface area (TPSA) is 67.7 Å². The van der Waals surface area contributed by atoms with E-state index in [9.17, 15) is 0 Å². The van der Waals surface area contributed by atoms with Gasteiger partial charge in [0.05, 0.1) is 31.0 Å². The lowest BCUT2D eigenvalue weighted by molar-refractivity contribution is 0.122. The van der Waals surface area contributed by atoms with E-state index in [0.717, 1.165) is 54.0 Å². The quantitative estimate of drug-likeness (QED) is 0.512. The molecule has 1 aliphatic rings. The summed E-state index contributed by atoms with van der Waals surface area (Å²) in [4.78, 5) is 11.6. The van der Waals surface area contributed by atoms with Gasteiger partial charge in [0.2, 0.25) is 0 Å². The number of nitrogens with zero attached hydrogens (tertiary/aromatic N) is 3. The van der Waals surface area contributed by atoms with Gasteiger partial charge < -0.3 is 19.5 Å². The third-order valence-electron chi connectivity index (χ3n) is 5.02. The Balaban J connectivity index is 1.67. The summed E-state index contributed by atoms with van der Waals surface area (Å²) in [7, 11) is 0. The molecule has 0 radical (unpaired) electrons. The Labute approximate surface area is 181 Å². The zero-order chi connectivity index (χ0) is 21.5. The predicted octanol–water partition coefficient (Wildman–Crippen LogP) is 2.63. The molecule has 1 fully saturated rings. The van der Waals surface area contributed by atoms with Crippen molar-refractivity contribution in [3.63, 3.8) is 0 Å². The van der Waals surface area contributed by atoms with Crippen LogP contribution in [0.2, 0.25) is 0 Å². The van der Waals surface area contributed by atoms with Gasteiger partial charge in [0.25, 0.3) is 0 Å². The van der Waals surface area contributed by atoms with E-state index in [4.69, 9.17) is 26.0 Å². The van der Waals surface area contributed by atoms with Crippen LogP contribution >= 0.6 is 0 Å². The maximum Gasteiger partial charge on any atom is 0.123 e. The number of morpholine rings is 1. The maximum absolute atomic E-state index is 9.17. The molecule has 0 aliphatic carbocycles. The third kappa shape index (κ3) is 5.02. The van der Waals surface area contributed by atoms with Gasteiger partial charge >= 0.3 is 0 Å². The molecule has 0 saturated carbocycles. The number of pyridine rings is 2. The van der Waals surface area contributed by atoms with Crippen molar-refractivity contribution < 1.29 is 14.6 Å². The first-order valence-corrected chi connectivity index (χ1v) is 10.1. The fourth-order valence-corrected chi connectivity index (χ4v) is 3.50. The van der Waals surface area contributed by atoms with E-state index in [0.29, 0.717) is 12.3 Å². The van der Waals surface area contributed by atoms with E-state index in [2.05, 4.69) is 51.9 Å². The van der Waals surface area contributed by atoms with Gasteiger partial charge in [-0.05, 0) is 35.7 Å². The zero-order valence-electron chi connectivity index (χ0n) is 17.2. The number of anilines is 1. The lowest BCUT2D eigenvalue weighted by Crippen LogP contribution is -2.36. The van der Waals surface area contributed by atoms with Crippen molar-refractivity contribution in [1.82, 2.24) is 9.97 Å². The largest absolute Gasteiger partial charge is 0.384 e. The zero-order valence-corrected chi connectivity index (χ0v) is 17.2. The van der Waals surface area contributed by atoms with E-state index >= 15 is 0 Å². The molecular weight excluding hydrogens is 390 g/mol. The summed E-state index contributed by atoms with van der Waals surface area (Å²) < 4.78 is 10.8. The molecule has 1 saturated heterocycles. The van der Waals surface area contributed by atoms with Crippen molar-refractivity contribution in [2.24, 2.45) is 0 Å². The highest BCUT2D eigenvalue weighted by atomic mass is 16.5. The summed E-state index contributed by atoms with van der Waals surface area (Å²) in [6, 6.07) is 12.2. The van der Waals surface area contributed by atoms with E-state index in [1.807, 2.05) is 12.1 Å². The van der Waals surface area contributed by atoms with Gasteiger partial charge in [-0.2, -0.15) is 0 Å². The van der Waals surface area contributed by atoms with Crippen LogP contribution in [0.15, 0.2) is 42.6 Å². The molecule has 31 heavy (non-hydrogen) atoms. The maximum atomic E-state index is 9.17. The van der Waals surface area contributed by atoms with E-state index in [1.54, 1.807) is 6.20 Å². The molecule has 0 bridgehead atoms. The Morgan fingerprint density at radius 3 is 2.71 bits per heavy atom. The molecule has 1 aliphatic heterocycles. The van der Waals surface area contributed by atoms with Crippen molar-refractivity contribution in [2.75, 3.05) is 44.4 Å². The number of terminal acetylenes is 1. The van der Waals surface area contributed by atoms with Gasteiger partial charge in [0.1, 0.15) is 18.9 Å². The van der Waals surface area contributed by atoms with Gasteiger partial charge in [0.15, 0.2) is 0 Å². The number of aliphatic hydroxyl groups is 1. The number of aromatic nitrogens is 2. The highest BCUT2D eigenvalue weighted by molar-refractivity contribution is 5.87. The Morgan fingerprint density at radius 2 is 1.97 bits per heavy atom. The summed E-state index contributed by atoms with van der Waals surface area (Å²) in [6.45, 7) is 3.67. The fraction of sp³-hybridized carbons (Fsp3) is 0.280. The van der Waals surface area contributed by atoms with Crippen LogP contribution in [-0.4, -0.2) is 54.6 Å². The van der Waals surface area contributed by atoms with E-state index < -0.39 is 0 Å². The van der Waals surface area contributed by atoms with Gasteiger partial charge in [-0.15, -0.1) is 6.42 Å². The number of hydrogen-bond donors (Lipinski definition) is 1. The molecular formula is C25H23N3O3. The van der Waals surface area contributed by atoms with Crippen LogP contribution in [0, 0.1) is 24.2 Å². The van der Waals surface area contributed by atoms with Crippen molar-refractivity contribution in [3.8, 4) is 35.4 Å². The molecule has 0 amide bonds. The van der Waals surface area contributed by atoms with Crippen LogP contribution in [0.25, 0.3) is 22.2 Å². The van der Waals surface area contributed by atoms with Crippen LogP contribution in [0.4, 0.5) is 5.69 Å². The van der Waals surface area contributed by atoms with Crippen molar-refractivity contribution >= 4 is 16.6 Å². The molecule has 1 aromatic carbocycles. The van der Waals surface area contributed by atoms with Crippen LogP contribution in [0.5, 0.6) is 0 Å². The van der Waals surface area contributed by atoms with Gasteiger partial charge in [-0.3, -0.25) is 4.98 Å². The Kier molecular flexibility index (Phi) is 6.76. The van der Waals surface area contributed by atoms with E-state index in [-0.39, 0.29) is 13.2 Å². The van der Waals surface area contributed by atoms with Crippen molar-refractivity contribution in [2.45, 2.75) is 6.61 Å². The number of aliphatic hydroxyl groups excluding tert-OH is 1. The molecule has 3 heterocycles. The van der Waals surface area contributed by atoms with Gasteiger partial charge in [-0.25, -0.2) is 4.98 Å². The number of hydrogen-bond acceptors (Lipinski definition) is 6. The molecule has 0 spiro atoms. The summed E-state index contributed by atoms with van der Waals surface area (Å²) >= 11 is 0. The van der Waals surface area contributed by atoms with Crippen LogP contribution in [0.1, 0.15) is 11.3 Å². The van der Waals surface area contributed by atoms with Crippen LogP contribution in [0.3, 0.4) is 0 Å². The average Bonchev–Trinajstić information content (AvgIpc) is 2.83. The summed E-state index contributed by atoms with van der Waals surface area (Å²) in [5.74, 6) is 8.11. The molecule has 6 heteroatoms. The summed E-state index contributed by atoms with van der Waals surface area (Å²) in [5.41, 5.74) is 5.18. The second kappa shape index (κ2) is 10.1. The predicted molar refractivity (Wildman–Crippen MR) is 120 cm³/mol. The van der Waals surface area contributed by atoms with Crippen molar-refractivity contribution in [1.29, 1.82) is 0 Å². The lowest BCUT2D eigenvalue weighted by Gasteiger charge is -2.28. The van der Waals surface area contributed by atoms with Crippen LogP contribution < -0.4 is 4.90 Å². The Bertz CT molecular complexity index is 1150. The van der Waals surface area contributed by atoms with Crippen molar-refractivity contribution in [3.05, 3.63) is 53.9 Å². The number of fused-ring (bicyclic) bond motifs is 1. The average molecular weight is 413 g/mol. The van der Waals surface area contributed by atoms with E-state index in [1.165, 1.54) is 5.69 Å². The first-order valence-electron chi connectivity index (χ1n) is 10.1. The van der Waals surface area contributed by atoms with Gasteiger partial charge in [0, 0.05) is 35.9 Å². The standard InChI is InChI=1S/C25H23N3O3/c1-2-12-31-18-19-15-22-23(4-3-11-29)27-24(16-25(22)26-17-19)20-5-7-21(8-6-20)28-9-13-30-14-10-28/h1,5-8,15-17,29H,9-14,18H2. The molecule has 4 rings (SSSR count). The van der Waals surface area contributed by atoms with Gasteiger partial charge in [-0.1, -0.05) is 24.0 Å². The molecule has 1 N–H and O–H groups in total. The first kappa shape index (κ1) is 20.8. The monoisotopic (exact) mass is 413 g/mol. The minimum Gasteiger partial charge on any atom is -0.384 e. The fourth-order valence-electron chi connectivity index (χ4n) is 3.50. The minimum atomic E-state index is -0.236. The number of ether oxygens (including phenoxy) is 2. The second-order valence-corrected chi connectivity index (χ2v) is 7.07. The second-order valence-electron chi connectivity index (χ2n) is 7.07. The number of benzene rings is 1. The third-order valence-corrected chi connectivity index (χ3v) is 5.02. The highest BCUT2D eigenvalue weighted by Gasteiger charge is 2.13. The normalized spacial score (nSPS) is 13.5. The molecule has 156 valence electrons. The van der Waals surface area contributed by atoms with Crippen LogP contribution in [-0.2, 0) is 16.1 Å². The molecule has 3 aromatic rings. The Morgan fingerprint density at radius 1 is 1.16 bits per heavy atom. The smallest absolute Gasteiger partial charge is 0.123 e. The minimum absolute atomic E-state index is 0.236.